The minimum atomic E-state index is 0. The van der Waals surface area contributed by atoms with Crippen molar-refractivity contribution in [1.29, 1.82) is 0 Å². The van der Waals surface area contributed by atoms with Gasteiger partial charge in [0, 0.05) is 29.2 Å². The van der Waals surface area contributed by atoms with Crippen LogP contribution in [-0.4, -0.2) is 36.5 Å². The first-order valence-corrected chi connectivity index (χ1v) is 7.02. The van der Waals surface area contributed by atoms with Crippen LogP contribution in [-0.2, 0) is 0 Å². The predicted octanol–water partition coefficient (Wildman–Crippen LogP) is 2.80. The molecule has 0 unspecified atom stereocenters. The number of benzene rings is 1. The third-order valence-corrected chi connectivity index (χ3v) is 3.91. The van der Waals surface area contributed by atoms with Gasteiger partial charge in [0.2, 0.25) is 0 Å². The van der Waals surface area contributed by atoms with Gasteiger partial charge in [-0.05, 0) is 47.7 Å². The molecule has 1 aromatic carbocycles. The predicted molar refractivity (Wildman–Crippen MR) is 84.8 cm³/mol. The Labute approximate surface area is 132 Å². The van der Waals surface area contributed by atoms with Crippen LogP contribution >= 0.6 is 46.6 Å². The van der Waals surface area contributed by atoms with Gasteiger partial charge in [-0.2, -0.15) is 0 Å². The fourth-order valence-corrected chi connectivity index (χ4v) is 2.90. The van der Waals surface area contributed by atoms with Gasteiger partial charge in [-0.3, -0.25) is 4.79 Å². The Morgan fingerprint density at radius 2 is 2.28 bits per heavy atom. The molecule has 0 aliphatic carbocycles. The number of piperazine rings is 1. The van der Waals surface area contributed by atoms with Crippen molar-refractivity contribution in [3.63, 3.8) is 0 Å². The maximum atomic E-state index is 12.4. The molecule has 1 atom stereocenters. The Hall–Kier alpha value is -0.0400. The monoisotopic (exact) mass is 400 g/mol. The molecule has 0 bridgehead atoms. The molecular weight excluding hydrogens is 386 g/mol. The first kappa shape index (κ1) is 16.0. The number of hydrogen-bond acceptors (Lipinski definition) is 2. The van der Waals surface area contributed by atoms with Gasteiger partial charge in [-0.25, -0.2) is 0 Å². The van der Waals surface area contributed by atoms with Crippen molar-refractivity contribution < 1.29 is 4.79 Å². The number of carbonyl (C=O) groups excluding carboxylic acids is 1. The van der Waals surface area contributed by atoms with Gasteiger partial charge in [0.05, 0.1) is 10.6 Å². The largest absolute Gasteiger partial charge is 0.333 e. The van der Waals surface area contributed by atoms with E-state index in [-0.39, 0.29) is 24.4 Å². The third kappa shape index (κ3) is 3.50. The van der Waals surface area contributed by atoms with Gasteiger partial charge in [-0.15, -0.1) is 12.4 Å². The summed E-state index contributed by atoms with van der Waals surface area (Å²) in [4.78, 5) is 14.2. The van der Waals surface area contributed by atoms with Crippen molar-refractivity contribution in [3.05, 3.63) is 32.4 Å². The molecule has 1 N–H and O–H groups in total. The molecule has 0 saturated carbocycles. The first-order chi connectivity index (χ1) is 8.09. The van der Waals surface area contributed by atoms with Gasteiger partial charge in [0.1, 0.15) is 0 Å². The SMILES string of the molecule is C[C@H]1CNCCN1C(=O)c1ccc(I)cc1Cl.Cl. The van der Waals surface area contributed by atoms with Crippen LogP contribution in [0.15, 0.2) is 18.2 Å². The van der Waals surface area contributed by atoms with E-state index in [4.69, 9.17) is 11.6 Å². The number of nitrogens with one attached hydrogen (secondary N) is 1. The summed E-state index contributed by atoms with van der Waals surface area (Å²) in [5.74, 6) is 0.0281. The zero-order valence-electron chi connectivity index (χ0n) is 9.95. The molecule has 1 aliphatic heterocycles. The van der Waals surface area contributed by atoms with E-state index in [2.05, 4.69) is 27.9 Å². The molecule has 1 saturated heterocycles. The van der Waals surface area contributed by atoms with Crippen LogP contribution in [0.1, 0.15) is 17.3 Å². The van der Waals surface area contributed by atoms with Crippen molar-refractivity contribution in [2.45, 2.75) is 13.0 Å². The summed E-state index contributed by atoms with van der Waals surface area (Å²) >= 11 is 8.31. The Balaban J connectivity index is 0.00000162. The lowest BCUT2D eigenvalue weighted by atomic mass is 10.1. The van der Waals surface area contributed by atoms with E-state index < -0.39 is 0 Å². The number of carbonyl (C=O) groups is 1. The van der Waals surface area contributed by atoms with E-state index in [0.717, 1.165) is 23.2 Å². The van der Waals surface area contributed by atoms with Crippen LogP contribution in [0.4, 0.5) is 0 Å². The van der Waals surface area contributed by atoms with Gasteiger partial charge in [0.25, 0.3) is 5.91 Å². The Bertz CT molecular complexity index is 442. The second-order valence-corrected chi connectivity index (χ2v) is 5.83. The molecule has 6 heteroatoms. The van der Waals surface area contributed by atoms with Crippen LogP contribution in [0, 0.1) is 3.57 Å². The summed E-state index contributed by atoms with van der Waals surface area (Å²) < 4.78 is 1.04. The summed E-state index contributed by atoms with van der Waals surface area (Å²) in [7, 11) is 0. The average molecular weight is 401 g/mol. The van der Waals surface area contributed by atoms with Crippen LogP contribution in [0.5, 0.6) is 0 Å². The molecule has 0 aromatic heterocycles. The maximum absolute atomic E-state index is 12.4. The molecule has 18 heavy (non-hydrogen) atoms. The molecular formula is C12H15Cl2IN2O. The van der Waals surface area contributed by atoms with Crippen LogP contribution in [0.3, 0.4) is 0 Å². The van der Waals surface area contributed by atoms with E-state index in [1.807, 2.05) is 24.0 Å². The lowest BCUT2D eigenvalue weighted by molar-refractivity contribution is 0.0656. The second kappa shape index (κ2) is 6.93. The Morgan fingerprint density at radius 3 is 2.89 bits per heavy atom. The van der Waals surface area contributed by atoms with Crippen molar-refractivity contribution in [2.75, 3.05) is 19.6 Å². The number of nitrogens with zero attached hydrogens (tertiary/aromatic N) is 1. The highest BCUT2D eigenvalue weighted by Gasteiger charge is 2.25. The normalized spacial score (nSPS) is 19.3. The van der Waals surface area contributed by atoms with Gasteiger partial charge in [-0.1, -0.05) is 11.6 Å². The average Bonchev–Trinajstić information content (AvgIpc) is 2.29. The molecule has 1 amide bonds. The molecule has 1 aromatic rings. The molecule has 2 rings (SSSR count). The molecule has 0 spiro atoms. The van der Waals surface area contributed by atoms with Crippen molar-refractivity contribution in [3.8, 4) is 0 Å². The lowest BCUT2D eigenvalue weighted by Gasteiger charge is -2.34. The molecule has 100 valence electrons. The molecule has 1 fully saturated rings. The van der Waals surface area contributed by atoms with Crippen molar-refractivity contribution in [2.24, 2.45) is 0 Å². The van der Waals surface area contributed by atoms with Gasteiger partial charge < -0.3 is 10.2 Å². The molecule has 3 nitrogen and oxygen atoms in total. The number of hydrogen-bond donors (Lipinski definition) is 1. The van der Waals surface area contributed by atoms with E-state index >= 15 is 0 Å². The van der Waals surface area contributed by atoms with E-state index in [0.29, 0.717) is 10.6 Å². The summed E-state index contributed by atoms with van der Waals surface area (Å²) in [6.07, 6.45) is 0. The number of rotatable bonds is 1. The quantitative estimate of drug-likeness (QED) is 0.735. The molecule has 1 heterocycles. The summed E-state index contributed by atoms with van der Waals surface area (Å²) in [6, 6.07) is 5.75. The highest BCUT2D eigenvalue weighted by atomic mass is 127. The van der Waals surface area contributed by atoms with Crippen LogP contribution < -0.4 is 5.32 Å². The third-order valence-electron chi connectivity index (χ3n) is 2.92. The smallest absolute Gasteiger partial charge is 0.255 e. The van der Waals surface area contributed by atoms with Crippen molar-refractivity contribution >= 4 is 52.5 Å². The fraction of sp³-hybridized carbons (Fsp3) is 0.417. The second-order valence-electron chi connectivity index (χ2n) is 4.18. The highest BCUT2D eigenvalue weighted by molar-refractivity contribution is 14.1. The van der Waals surface area contributed by atoms with E-state index in [1.54, 1.807) is 6.07 Å². The lowest BCUT2D eigenvalue weighted by Crippen LogP contribution is -2.52. The topological polar surface area (TPSA) is 32.3 Å². The zero-order chi connectivity index (χ0) is 12.4. The summed E-state index contributed by atoms with van der Waals surface area (Å²) in [6.45, 7) is 4.47. The molecule has 0 radical (unpaired) electrons. The Kier molecular flexibility index (Phi) is 6.17. The van der Waals surface area contributed by atoms with Gasteiger partial charge in [0.15, 0.2) is 0 Å². The van der Waals surface area contributed by atoms with Crippen LogP contribution in [0.25, 0.3) is 0 Å². The molecule has 1 aliphatic rings. The van der Waals surface area contributed by atoms with E-state index in [1.165, 1.54) is 0 Å². The number of halogens is 3. The summed E-state index contributed by atoms with van der Waals surface area (Å²) in [5, 5.41) is 3.80. The summed E-state index contributed by atoms with van der Waals surface area (Å²) in [5.41, 5.74) is 0.598. The Morgan fingerprint density at radius 1 is 1.56 bits per heavy atom. The van der Waals surface area contributed by atoms with Gasteiger partial charge >= 0.3 is 0 Å². The minimum Gasteiger partial charge on any atom is -0.333 e. The highest BCUT2D eigenvalue weighted by Crippen LogP contribution is 2.21. The van der Waals surface area contributed by atoms with E-state index in [9.17, 15) is 4.79 Å². The van der Waals surface area contributed by atoms with Crippen LogP contribution in [0.2, 0.25) is 5.02 Å². The standard InChI is InChI=1S/C12H14ClIN2O.ClH/c1-8-7-15-4-5-16(8)12(17)10-3-2-9(14)6-11(10)13;/h2-3,6,8,15H,4-5,7H2,1H3;1H/t8-;/m0./s1. The van der Waals surface area contributed by atoms with Crippen molar-refractivity contribution in [1.82, 2.24) is 10.2 Å². The fourth-order valence-electron chi connectivity index (χ4n) is 1.96. The maximum Gasteiger partial charge on any atom is 0.255 e. The zero-order valence-corrected chi connectivity index (χ0v) is 13.7. The number of amides is 1. The minimum absolute atomic E-state index is 0. The first-order valence-electron chi connectivity index (χ1n) is 5.56.